The number of alkyl halides is 3. The van der Waals surface area contributed by atoms with Gasteiger partial charge in [0.15, 0.2) is 0 Å². The van der Waals surface area contributed by atoms with Crippen LogP contribution in [-0.2, 0) is 12.6 Å². The van der Waals surface area contributed by atoms with Gasteiger partial charge in [0.05, 0.1) is 11.8 Å². The minimum atomic E-state index is -4.34. The van der Waals surface area contributed by atoms with E-state index in [0.717, 1.165) is 17.9 Å². The van der Waals surface area contributed by atoms with Crippen molar-refractivity contribution >= 4 is 0 Å². The van der Waals surface area contributed by atoms with E-state index >= 15 is 0 Å². The largest absolute Gasteiger partial charge is 0.492 e. The third-order valence-corrected chi connectivity index (χ3v) is 2.69. The molecule has 1 aromatic carbocycles. The van der Waals surface area contributed by atoms with Crippen LogP contribution in [0.5, 0.6) is 5.75 Å². The van der Waals surface area contributed by atoms with E-state index in [1.54, 1.807) is 18.4 Å². The zero-order valence-corrected chi connectivity index (χ0v) is 10.6. The van der Waals surface area contributed by atoms with Gasteiger partial charge in [-0.25, -0.2) is 0 Å². The van der Waals surface area contributed by atoms with Gasteiger partial charge < -0.3 is 14.9 Å². The van der Waals surface area contributed by atoms with E-state index in [1.807, 2.05) is 0 Å². The summed E-state index contributed by atoms with van der Waals surface area (Å²) in [5, 5.41) is 0. The maximum atomic E-state index is 12.4. The molecule has 1 atom stereocenters. The van der Waals surface area contributed by atoms with E-state index in [-0.39, 0.29) is 12.6 Å². The van der Waals surface area contributed by atoms with Gasteiger partial charge >= 0.3 is 6.18 Å². The third kappa shape index (κ3) is 4.03. The Kier molecular flexibility index (Phi) is 4.34. The normalized spacial score (nSPS) is 13.2. The molecule has 0 aliphatic rings. The first-order valence-electron chi connectivity index (χ1n) is 6.03. The van der Waals surface area contributed by atoms with Crippen LogP contribution in [0.15, 0.2) is 47.1 Å². The predicted octanol–water partition coefficient (Wildman–Crippen LogP) is 3.25. The number of benzene rings is 1. The van der Waals surface area contributed by atoms with Crippen LogP contribution < -0.4 is 10.5 Å². The van der Waals surface area contributed by atoms with Crippen LogP contribution in [0.4, 0.5) is 13.2 Å². The van der Waals surface area contributed by atoms with Crippen molar-refractivity contribution in [2.24, 2.45) is 5.73 Å². The quantitative estimate of drug-likeness (QED) is 0.917. The van der Waals surface area contributed by atoms with Gasteiger partial charge in [0.1, 0.15) is 18.1 Å². The summed E-state index contributed by atoms with van der Waals surface area (Å²) in [6.45, 7) is 0.200. The van der Waals surface area contributed by atoms with Crippen LogP contribution in [0.25, 0.3) is 0 Å². The Morgan fingerprint density at radius 1 is 1.15 bits per heavy atom. The molecule has 2 rings (SSSR count). The molecule has 0 fully saturated rings. The van der Waals surface area contributed by atoms with Crippen LogP contribution in [0.1, 0.15) is 11.3 Å². The number of ether oxygens (including phenoxy) is 1. The minimum absolute atomic E-state index is 0.200. The molecule has 0 saturated heterocycles. The molecule has 0 amide bonds. The summed E-state index contributed by atoms with van der Waals surface area (Å²) in [6, 6.07) is 7.80. The van der Waals surface area contributed by atoms with E-state index < -0.39 is 11.7 Å². The number of hydrogen-bond donors (Lipinski definition) is 1. The average Bonchev–Trinajstić information content (AvgIpc) is 2.88. The van der Waals surface area contributed by atoms with Gasteiger partial charge in [0, 0.05) is 12.5 Å². The van der Waals surface area contributed by atoms with E-state index in [1.165, 1.54) is 12.1 Å². The number of halogens is 3. The smallest absolute Gasteiger partial charge is 0.416 e. The van der Waals surface area contributed by atoms with Crippen molar-refractivity contribution in [3.63, 3.8) is 0 Å². The molecule has 2 N–H and O–H groups in total. The Bertz CT molecular complexity index is 520. The Hall–Kier alpha value is -1.95. The maximum Gasteiger partial charge on any atom is 0.416 e. The molecule has 3 nitrogen and oxygen atoms in total. The molecule has 2 aromatic rings. The summed E-state index contributed by atoms with van der Waals surface area (Å²) in [5.41, 5.74) is 5.14. The Labute approximate surface area is 114 Å². The molecule has 0 spiro atoms. The summed E-state index contributed by atoms with van der Waals surface area (Å²) in [7, 11) is 0. The lowest BCUT2D eigenvalue weighted by Crippen LogP contribution is -2.30. The molecule has 0 radical (unpaired) electrons. The molecule has 0 aliphatic heterocycles. The van der Waals surface area contributed by atoms with Crippen LogP contribution in [0.3, 0.4) is 0 Å². The van der Waals surface area contributed by atoms with Gasteiger partial charge in [-0.2, -0.15) is 13.2 Å². The van der Waals surface area contributed by atoms with Gasteiger partial charge in [-0.05, 0) is 36.4 Å². The van der Waals surface area contributed by atoms with Gasteiger partial charge in [0.25, 0.3) is 0 Å². The molecule has 108 valence electrons. The molecular formula is C14H14F3NO2. The zero-order chi connectivity index (χ0) is 14.6. The van der Waals surface area contributed by atoms with Crippen molar-refractivity contribution in [1.29, 1.82) is 0 Å². The Morgan fingerprint density at radius 2 is 1.85 bits per heavy atom. The van der Waals surface area contributed by atoms with Crippen molar-refractivity contribution in [1.82, 2.24) is 0 Å². The highest BCUT2D eigenvalue weighted by atomic mass is 19.4. The first-order chi connectivity index (χ1) is 9.45. The molecule has 0 aliphatic carbocycles. The van der Waals surface area contributed by atoms with Gasteiger partial charge in [-0.3, -0.25) is 0 Å². The summed E-state index contributed by atoms with van der Waals surface area (Å²) in [4.78, 5) is 0. The van der Waals surface area contributed by atoms with Gasteiger partial charge in [0.2, 0.25) is 0 Å². The fraction of sp³-hybridized carbons (Fsp3) is 0.286. The number of nitrogens with two attached hydrogens (primary N) is 1. The highest BCUT2D eigenvalue weighted by Crippen LogP contribution is 2.30. The lowest BCUT2D eigenvalue weighted by atomic mass is 10.2. The minimum Gasteiger partial charge on any atom is -0.492 e. The lowest BCUT2D eigenvalue weighted by molar-refractivity contribution is -0.137. The van der Waals surface area contributed by atoms with Crippen LogP contribution >= 0.6 is 0 Å². The second kappa shape index (κ2) is 6.00. The fourth-order valence-electron chi connectivity index (χ4n) is 1.69. The van der Waals surface area contributed by atoms with E-state index in [9.17, 15) is 13.2 Å². The zero-order valence-electron chi connectivity index (χ0n) is 10.6. The molecule has 1 unspecified atom stereocenters. The van der Waals surface area contributed by atoms with Crippen LogP contribution in [-0.4, -0.2) is 12.6 Å². The average molecular weight is 285 g/mol. The molecule has 0 bridgehead atoms. The molecule has 1 aromatic heterocycles. The SMILES string of the molecule is NC(COc1ccc(C(F)(F)F)cc1)Cc1ccco1. The van der Waals surface area contributed by atoms with Crippen molar-refractivity contribution in [2.75, 3.05) is 6.61 Å². The summed E-state index contributed by atoms with van der Waals surface area (Å²) in [5.74, 6) is 1.10. The number of rotatable bonds is 5. The number of furan rings is 1. The fourth-order valence-corrected chi connectivity index (χ4v) is 1.69. The number of hydrogen-bond acceptors (Lipinski definition) is 3. The Balaban J connectivity index is 1.84. The highest BCUT2D eigenvalue weighted by Gasteiger charge is 2.30. The van der Waals surface area contributed by atoms with Crippen LogP contribution in [0.2, 0.25) is 0 Å². The molecular weight excluding hydrogens is 271 g/mol. The van der Waals surface area contributed by atoms with E-state index in [0.29, 0.717) is 12.2 Å². The molecule has 6 heteroatoms. The van der Waals surface area contributed by atoms with Gasteiger partial charge in [-0.1, -0.05) is 0 Å². The van der Waals surface area contributed by atoms with Gasteiger partial charge in [-0.15, -0.1) is 0 Å². The van der Waals surface area contributed by atoms with E-state index in [4.69, 9.17) is 14.9 Å². The lowest BCUT2D eigenvalue weighted by Gasteiger charge is -2.13. The molecule has 0 saturated carbocycles. The first-order valence-corrected chi connectivity index (χ1v) is 6.03. The van der Waals surface area contributed by atoms with Crippen molar-refractivity contribution < 1.29 is 22.3 Å². The van der Waals surface area contributed by atoms with Crippen LogP contribution in [0, 0.1) is 0 Å². The predicted molar refractivity (Wildman–Crippen MR) is 67.3 cm³/mol. The maximum absolute atomic E-state index is 12.4. The van der Waals surface area contributed by atoms with Crippen molar-refractivity contribution in [2.45, 2.75) is 18.6 Å². The van der Waals surface area contributed by atoms with Crippen molar-refractivity contribution in [3.05, 3.63) is 54.0 Å². The first kappa shape index (κ1) is 14.5. The molecule has 1 heterocycles. The second-order valence-electron chi connectivity index (χ2n) is 4.38. The molecule has 20 heavy (non-hydrogen) atoms. The topological polar surface area (TPSA) is 48.4 Å². The third-order valence-electron chi connectivity index (χ3n) is 2.69. The standard InChI is InChI=1S/C14H14F3NO2/c15-14(16,17)10-3-5-12(6-4-10)20-9-11(18)8-13-2-1-7-19-13/h1-7,11H,8-9,18H2. The summed E-state index contributed by atoms with van der Waals surface area (Å²) < 4.78 is 47.6. The summed E-state index contributed by atoms with van der Waals surface area (Å²) in [6.07, 6.45) is -2.28. The second-order valence-corrected chi connectivity index (χ2v) is 4.38. The van der Waals surface area contributed by atoms with E-state index in [2.05, 4.69) is 0 Å². The summed E-state index contributed by atoms with van der Waals surface area (Å²) >= 11 is 0. The Morgan fingerprint density at radius 3 is 2.40 bits per heavy atom. The highest BCUT2D eigenvalue weighted by molar-refractivity contribution is 5.28. The van der Waals surface area contributed by atoms with Crippen molar-refractivity contribution in [3.8, 4) is 5.75 Å². The monoisotopic (exact) mass is 285 g/mol.